The molecule has 1 fully saturated rings. The van der Waals surface area contributed by atoms with Crippen LogP contribution in [-0.4, -0.2) is 12.0 Å². The van der Waals surface area contributed by atoms with Crippen LogP contribution in [0.15, 0.2) is 42.5 Å². The fourth-order valence-corrected chi connectivity index (χ4v) is 4.08. The van der Waals surface area contributed by atoms with Crippen molar-refractivity contribution in [1.29, 1.82) is 0 Å². The van der Waals surface area contributed by atoms with Crippen LogP contribution in [0.2, 0.25) is 0 Å². The van der Waals surface area contributed by atoms with Crippen LogP contribution in [0.25, 0.3) is 0 Å². The molecule has 0 atom stereocenters. The van der Waals surface area contributed by atoms with Gasteiger partial charge in [0.2, 0.25) is 5.91 Å². The Morgan fingerprint density at radius 2 is 1.62 bits per heavy atom. The highest BCUT2D eigenvalue weighted by Crippen LogP contribution is 2.42. The number of carbonyl (C=O) groups excluding carboxylic acids is 1. The lowest BCUT2D eigenvalue weighted by molar-refractivity contribution is -0.121. The zero-order valence-electron chi connectivity index (χ0n) is 16.3. The Bertz CT molecular complexity index is 751. The second-order valence-electron chi connectivity index (χ2n) is 7.72. The van der Waals surface area contributed by atoms with Crippen LogP contribution in [0, 0.1) is 13.8 Å². The van der Waals surface area contributed by atoms with E-state index in [9.17, 15) is 4.79 Å². The zero-order valence-corrected chi connectivity index (χ0v) is 16.3. The van der Waals surface area contributed by atoms with Gasteiger partial charge in [-0.05, 0) is 69.4 Å². The summed E-state index contributed by atoms with van der Waals surface area (Å²) in [7, 11) is 0. The molecule has 0 aliphatic heterocycles. The third-order valence-corrected chi connectivity index (χ3v) is 5.29. The molecule has 0 heterocycles. The van der Waals surface area contributed by atoms with Gasteiger partial charge in [0.1, 0.15) is 5.75 Å². The van der Waals surface area contributed by atoms with Gasteiger partial charge in [-0.1, -0.05) is 43.2 Å². The average Bonchev–Trinajstić information content (AvgIpc) is 3.10. The lowest BCUT2D eigenvalue weighted by Crippen LogP contribution is -2.38. The highest BCUT2D eigenvalue weighted by Gasteiger charge is 2.42. The van der Waals surface area contributed by atoms with Crippen LogP contribution in [-0.2, 0) is 10.2 Å². The highest BCUT2D eigenvalue weighted by molar-refractivity contribution is 5.99. The Kier molecular flexibility index (Phi) is 5.36. The topological polar surface area (TPSA) is 38.3 Å². The van der Waals surface area contributed by atoms with E-state index in [1.807, 2.05) is 58.0 Å². The van der Waals surface area contributed by atoms with Crippen molar-refractivity contribution in [3.05, 3.63) is 59.2 Å². The Balaban J connectivity index is 1.87. The summed E-state index contributed by atoms with van der Waals surface area (Å²) in [5, 5.41) is 3.19. The molecule has 26 heavy (non-hydrogen) atoms. The Morgan fingerprint density at radius 1 is 1.04 bits per heavy atom. The van der Waals surface area contributed by atoms with Crippen molar-refractivity contribution in [1.82, 2.24) is 0 Å². The molecule has 3 rings (SSSR count). The summed E-state index contributed by atoms with van der Waals surface area (Å²) < 4.78 is 5.91. The molecule has 0 saturated heterocycles. The molecule has 3 nitrogen and oxygen atoms in total. The third kappa shape index (κ3) is 3.62. The molecule has 2 aromatic rings. The predicted octanol–water partition coefficient (Wildman–Crippen LogP) is 5.54. The van der Waals surface area contributed by atoms with Crippen molar-refractivity contribution < 1.29 is 9.53 Å². The number of hydrogen-bond donors (Lipinski definition) is 1. The molecule has 0 unspecified atom stereocenters. The Hall–Kier alpha value is -2.29. The number of carbonyl (C=O) groups is 1. The van der Waals surface area contributed by atoms with E-state index in [2.05, 4.69) is 17.4 Å². The lowest BCUT2D eigenvalue weighted by atomic mass is 9.78. The Morgan fingerprint density at radius 3 is 2.15 bits per heavy atom. The van der Waals surface area contributed by atoms with Crippen LogP contribution in [0.5, 0.6) is 5.75 Å². The minimum absolute atomic E-state index is 0.109. The van der Waals surface area contributed by atoms with Crippen molar-refractivity contribution in [3.8, 4) is 5.75 Å². The molecule has 1 N–H and O–H groups in total. The maximum atomic E-state index is 13.3. The molecule has 1 saturated carbocycles. The number of nitrogens with one attached hydrogen (secondary N) is 1. The first-order valence-corrected chi connectivity index (χ1v) is 9.57. The van der Waals surface area contributed by atoms with Crippen LogP contribution in [0.1, 0.15) is 56.2 Å². The van der Waals surface area contributed by atoms with Crippen LogP contribution < -0.4 is 10.1 Å². The van der Waals surface area contributed by atoms with E-state index in [4.69, 9.17) is 4.74 Å². The van der Waals surface area contributed by atoms with Crippen LogP contribution in [0.4, 0.5) is 5.69 Å². The lowest BCUT2D eigenvalue weighted by Gasteiger charge is -2.28. The van der Waals surface area contributed by atoms with E-state index in [1.54, 1.807) is 0 Å². The maximum Gasteiger partial charge on any atom is 0.235 e. The van der Waals surface area contributed by atoms with Crippen molar-refractivity contribution >= 4 is 11.6 Å². The number of rotatable bonds is 5. The average molecular weight is 351 g/mol. The van der Waals surface area contributed by atoms with Crippen molar-refractivity contribution in [2.24, 2.45) is 0 Å². The molecular weight excluding hydrogens is 322 g/mol. The smallest absolute Gasteiger partial charge is 0.235 e. The monoisotopic (exact) mass is 351 g/mol. The van der Waals surface area contributed by atoms with E-state index in [1.165, 1.54) is 0 Å². The van der Waals surface area contributed by atoms with Gasteiger partial charge in [0.15, 0.2) is 0 Å². The fourth-order valence-electron chi connectivity index (χ4n) is 4.08. The van der Waals surface area contributed by atoms with Crippen molar-refractivity contribution in [3.63, 3.8) is 0 Å². The summed E-state index contributed by atoms with van der Waals surface area (Å²) in [5.41, 5.74) is 3.67. The van der Waals surface area contributed by atoms with Gasteiger partial charge < -0.3 is 10.1 Å². The zero-order chi connectivity index (χ0) is 18.7. The minimum atomic E-state index is -0.407. The number of hydrogen-bond acceptors (Lipinski definition) is 2. The molecule has 138 valence electrons. The SMILES string of the molecule is Cc1cc(NC(=O)C2(c3ccccc3)CCCC2)cc(C)c1OC(C)C. The first-order chi connectivity index (χ1) is 12.4. The second kappa shape index (κ2) is 7.53. The summed E-state index contributed by atoms with van der Waals surface area (Å²) in [6, 6.07) is 14.2. The van der Waals surface area contributed by atoms with E-state index >= 15 is 0 Å². The normalized spacial score (nSPS) is 15.9. The molecule has 1 aliphatic rings. The number of ether oxygens (including phenoxy) is 1. The van der Waals surface area contributed by atoms with E-state index in [0.717, 1.165) is 53.8 Å². The summed E-state index contributed by atoms with van der Waals surface area (Å²) in [6.07, 6.45) is 4.15. The van der Waals surface area contributed by atoms with Gasteiger partial charge in [-0.3, -0.25) is 4.79 Å². The molecule has 2 aromatic carbocycles. The second-order valence-corrected chi connectivity index (χ2v) is 7.72. The summed E-state index contributed by atoms with van der Waals surface area (Å²) in [5.74, 6) is 1.02. The van der Waals surface area contributed by atoms with Crippen molar-refractivity contribution in [2.45, 2.75) is 64.9 Å². The summed E-state index contributed by atoms with van der Waals surface area (Å²) in [4.78, 5) is 13.3. The number of anilines is 1. The van der Waals surface area contributed by atoms with Crippen LogP contribution in [0.3, 0.4) is 0 Å². The molecular formula is C23H29NO2. The van der Waals surface area contributed by atoms with Gasteiger partial charge in [0.05, 0.1) is 11.5 Å². The first-order valence-electron chi connectivity index (χ1n) is 9.57. The molecule has 0 radical (unpaired) electrons. The number of aryl methyl sites for hydroxylation is 2. The molecule has 1 aliphatic carbocycles. The van der Waals surface area contributed by atoms with Crippen LogP contribution >= 0.6 is 0 Å². The van der Waals surface area contributed by atoms with Crippen molar-refractivity contribution in [2.75, 3.05) is 5.32 Å². The molecule has 0 spiro atoms. The fraction of sp³-hybridized carbons (Fsp3) is 0.435. The number of amides is 1. The van der Waals surface area contributed by atoms with E-state index in [0.29, 0.717) is 0 Å². The number of benzene rings is 2. The van der Waals surface area contributed by atoms with Gasteiger partial charge >= 0.3 is 0 Å². The molecule has 0 aromatic heterocycles. The third-order valence-electron chi connectivity index (χ3n) is 5.29. The summed E-state index contributed by atoms with van der Waals surface area (Å²) in [6.45, 7) is 8.11. The standard InChI is InChI=1S/C23H29NO2/c1-16(2)26-21-17(3)14-20(15-18(21)4)24-22(25)23(12-8-9-13-23)19-10-6-5-7-11-19/h5-7,10-11,14-16H,8-9,12-13H2,1-4H3,(H,24,25). The van der Waals surface area contributed by atoms with E-state index in [-0.39, 0.29) is 12.0 Å². The summed E-state index contributed by atoms with van der Waals surface area (Å²) >= 11 is 0. The molecule has 3 heteroatoms. The van der Waals surface area contributed by atoms with Gasteiger partial charge in [0, 0.05) is 5.69 Å². The quantitative estimate of drug-likeness (QED) is 0.768. The maximum absolute atomic E-state index is 13.3. The Labute approximate surface area is 156 Å². The molecule has 1 amide bonds. The van der Waals surface area contributed by atoms with Gasteiger partial charge in [-0.25, -0.2) is 0 Å². The minimum Gasteiger partial charge on any atom is -0.490 e. The largest absolute Gasteiger partial charge is 0.490 e. The predicted molar refractivity (Wildman–Crippen MR) is 107 cm³/mol. The first kappa shape index (κ1) is 18.5. The highest BCUT2D eigenvalue weighted by atomic mass is 16.5. The van der Waals surface area contributed by atoms with Gasteiger partial charge in [-0.15, -0.1) is 0 Å². The molecule has 0 bridgehead atoms. The van der Waals surface area contributed by atoms with Gasteiger partial charge in [-0.2, -0.15) is 0 Å². The van der Waals surface area contributed by atoms with Gasteiger partial charge in [0.25, 0.3) is 0 Å². The van der Waals surface area contributed by atoms with E-state index < -0.39 is 5.41 Å².